The van der Waals surface area contributed by atoms with E-state index >= 15 is 0 Å². The van der Waals surface area contributed by atoms with Crippen molar-refractivity contribution >= 4 is 11.9 Å². The van der Waals surface area contributed by atoms with Crippen LogP contribution in [0.3, 0.4) is 0 Å². The number of carbonyl (C=O) groups excluding carboxylic acids is 1. The lowest BCUT2D eigenvalue weighted by atomic mass is 9.89. The molecule has 1 aromatic carbocycles. The topological polar surface area (TPSA) is 57.6 Å². The van der Waals surface area contributed by atoms with Crippen molar-refractivity contribution in [3.05, 3.63) is 35.4 Å². The van der Waals surface area contributed by atoms with Gasteiger partial charge in [-0.05, 0) is 31.2 Å². The third kappa shape index (κ3) is 4.09. The molecule has 1 aliphatic rings. The highest BCUT2D eigenvalue weighted by atomic mass is 16.4. The van der Waals surface area contributed by atoms with E-state index in [4.69, 9.17) is 0 Å². The van der Waals surface area contributed by atoms with Crippen LogP contribution < -0.4 is 0 Å². The van der Waals surface area contributed by atoms with Crippen molar-refractivity contribution in [3.8, 4) is 0 Å². The van der Waals surface area contributed by atoms with E-state index in [0.29, 0.717) is 25.9 Å². The highest BCUT2D eigenvalue weighted by Gasteiger charge is 2.33. The van der Waals surface area contributed by atoms with Crippen LogP contribution >= 0.6 is 0 Å². The van der Waals surface area contributed by atoms with E-state index in [9.17, 15) is 14.7 Å². The van der Waals surface area contributed by atoms with Crippen molar-refractivity contribution in [2.75, 3.05) is 13.1 Å². The molecule has 0 radical (unpaired) electrons. The first kappa shape index (κ1) is 16.5. The molecule has 0 spiro atoms. The number of rotatable bonds is 4. The number of benzene rings is 1. The summed E-state index contributed by atoms with van der Waals surface area (Å²) in [5, 5.41) is 9.22. The van der Waals surface area contributed by atoms with Gasteiger partial charge in [-0.1, -0.05) is 43.7 Å². The van der Waals surface area contributed by atoms with Crippen LogP contribution in [0.2, 0.25) is 0 Å². The Morgan fingerprint density at radius 3 is 2.50 bits per heavy atom. The van der Waals surface area contributed by atoms with Gasteiger partial charge in [0.1, 0.15) is 0 Å². The molecule has 1 aliphatic heterocycles. The Bertz CT molecular complexity index is 538. The third-order valence-electron chi connectivity index (χ3n) is 4.40. The second-order valence-corrected chi connectivity index (χ2v) is 6.71. The number of aliphatic carboxylic acids is 1. The fraction of sp³-hybridized carbons (Fsp3) is 0.556. The van der Waals surface area contributed by atoms with E-state index in [0.717, 1.165) is 5.56 Å². The van der Waals surface area contributed by atoms with Gasteiger partial charge in [-0.25, -0.2) is 0 Å². The quantitative estimate of drug-likeness (QED) is 0.930. The molecular formula is C18H25NO3. The summed E-state index contributed by atoms with van der Waals surface area (Å²) in [5.74, 6) is -1.04. The third-order valence-corrected chi connectivity index (χ3v) is 4.40. The summed E-state index contributed by atoms with van der Waals surface area (Å²) in [7, 11) is 0. The normalized spacial score (nSPS) is 23.1. The predicted octanol–water partition coefficient (Wildman–Crippen LogP) is 2.74. The summed E-state index contributed by atoms with van der Waals surface area (Å²) in [6.07, 6.45) is 1.35. The van der Waals surface area contributed by atoms with Crippen LogP contribution in [0.5, 0.6) is 0 Å². The minimum absolute atomic E-state index is 0.0679. The van der Waals surface area contributed by atoms with Gasteiger partial charge in [0.15, 0.2) is 0 Å². The monoisotopic (exact) mass is 303 g/mol. The number of aryl methyl sites for hydroxylation is 1. The van der Waals surface area contributed by atoms with Crippen molar-refractivity contribution in [1.29, 1.82) is 0 Å². The lowest BCUT2D eigenvalue weighted by Crippen LogP contribution is -2.47. The Labute approximate surface area is 132 Å². The maximum absolute atomic E-state index is 12.6. The van der Waals surface area contributed by atoms with E-state index in [1.165, 1.54) is 5.56 Å². The minimum Gasteiger partial charge on any atom is -0.481 e. The molecule has 3 unspecified atom stereocenters. The summed E-state index contributed by atoms with van der Waals surface area (Å²) in [4.78, 5) is 25.6. The Hall–Kier alpha value is -1.84. The molecule has 1 fully saturated rings. The van der Waals surface area contributed by atoms with E-state index in [1.807, 2.05) is 20.8 Å². The number of likely N-dealkylation sites (tertiary alicyclic amines) is 1. The van der Waals surface area contributed by atoms with E-state index < -0.39 is 11.9 Å². The van der Waals surface area contributed by atoms with Crippen molar-refractivity contribution in [3.63, 3.8) is 0 Å². The number of carboxylic acids is 1. The van der Waals surface area contributed by atoms with Crippen LogP contribution in [0.4, 0.5) is 0 Å². The second-order valence-electron chi connectivity index (χ2n) is 6.71. The molecule has 1 heterocycles. The van der Waals surface area contributed by atoms with Crippen molar-refractivity contribution in [2.24, 2.45) is 17.8 Å². The smallest absolute Gasteiger partial charge is 0.308 e. The maximum Gasteiger partial charge on any atom is 0.308 e. The summed E-state index contributed by atoms with van der Waals surface area (Å²) in [5.41, 5.74) is 2.35. The molecule has 1 N–H and O–H groups in total. The van der Waals surface area contributed by atoms with Crippen LogP contribution in [0.15, 0.2) is 24.3 Å². The lowest BCUT2D eigenvalue weighted by molar-refractivity contribution is -0.148. The fourth-order valence-electron chi connectivity index (χ4n) is 3.19. The number of amides is 1. The summed E-state index contributed by atoms with van der Waals surface area (Å²) in [6.45, 7) is 6.99. The highest BCUT2D eigenvalue weighted by molar-refractivity contribution is 5.80. The molecule has 22 heavy (non-hydrogen) atoms. The standard InChI is InChI=1S/C18H25NO3/c1-12-4-6-15(7-5-12)9-14(3)17(20)19-10-13(2)8-16(11-19)18(21)22/h4-7,13-14,16H,8-11H2,1-3H3,(H,21,22). The van der Waals surface area contributed by atoms with Gasteiger partial charge in [0.05, 0.1) is 5.92 Å². The average molecular weight is 303 g/mol. The van der Waals surface area contributed by atoms with Gasteiger partial charge in [-0.15, -0.1) is 0 Å². The molecule has 0 bridgehead atoms. The molecule has 3 atom stereocenters. The summed E-state index contributed by atoms with van der Waals surface area (Å²) < 4.78 is 0. The Balaban J connectivity index is 2.00. The van der Waals surface area contributed by atoms with Crippen LogP contribution in [0.1, 0.15) is 31.4 Å². The van der Waals surface area contributed by atoms with Gasteiger partial charge in [-0.2, -0.15) is 0 Å². The first-order valence-electron chi connectivity index (χ1n) is 7.94. The number of carboxylic acid groups (broad SMARTS) is 1. The fourth-order valence-corrected chi connectivity index (χ4v) is 3.19. The Morgan fingerprint density at radius 1 is 1.27 bits per heavy atom. The molecule has 4 nitrogen and oxygen atoms in total. The lowest BCUT2D eigenvalue weighted by Gasteiger charge is -2.36. The van der Waals surface area contributed by atoms with Crippen LogP contribution in [0.25, 0.3) is 0 Å². The largest absolute Gasteiger partial charge is 0.481 e. The maximum atomic E-state index is 12.6. The molecule has 0 aromatic heterocycles. The first-order valence-corrected chi connectivity index (χ1v) is 7.94. The highest BCUT2D eigenvalue weighted by Crippen LogP contribution is 2.24. The first-order chi connectivity index (χ1) is 10.4. The van der Waals surface area contributed by atoms with Gasteiger partial charge in [0.2, 0.25) is 5.91 Å². The van der Waals surface area contributed by atoms with Gasteiger partial charge < -0.3 is 10.0 Å². The zero-order valence-electron chi connectivity index (χ0n) is 13.6. The molecule has 4 heteroatoms. The van der Waals surface area contributed by atoms with Gasteiger partial charge >= 0.3 is 5.97 Å². The SMILES string of the molecule is Cc1ccc(CC(C)C(=O)N2CC(C)CC(C(=O)O)C2)cc1. The van der Waals surface area contributed by atoms with Crippen LogP contribution in [-0.4, -0.2) is 35.0 Å². The number of nitrogens with zero attached hydrogens (tertiary/aromatic N) is 1. The number of piperidine rings is 1. The van der Waals surface area contributed by atoms with E-state index in [2.05, 4.69) is 24.3 Å². The summed E-state index contributed by atoms with van der Waals surface area (Å²) >= 11 is 0. The second kappa shape index (κ2) is 6.95. The van der Waals surface area contributed by atoms with Crippen molar-refractivity contribution < 1.29 is 14.7 Å². The number of hydrogen-bond donors (Lipinski definition) is 1. The molecule has 2 rings (SSSR count). The zero-order valence-corrected chi connectivity index (χ0v) is 13.6. The molecule has 120 valence electrons. The van der Waals surface area contributed by atoms with Crippen molar-refractivity contribution in [1.82, 2.24) is 4.90 Å². The van der Waals surface area contributed by atoms with Crippen LogP contribution in [0, 0.1) is 24.7 Å². The zero-order chi connectivity index (χ0) is 16.3. The van der Waals surface area contributed by atoms with E-state index in [-0.39, 0.29) is 17.7 Å². The van der Waals surface area contributed by atoms with Gasteiger partial charge in [0.25, 0.3) is 0 Å². The molecular weight excluding hydrogens is 278 g/mol. The van der Waals surface area contributed by atoms with E-state index in [1.54, 1.807) is 4.90 Å². The molecule has 1 amide bonds. The minimum atomic E-state index is -0.796. The van der Waals surface area contributed by atoms with Gasteiger partial charge in [-0.3, -0.25) is 9.59 Å². The molecule has 1 aromatic rings. The number of hydrogen-bond acceptors (Lipinski definition) is 2. The Kier molecular flexibility index (Phi) is 5.22. The van der Waals surface area contributed by atoms with Crippen LogP contribution in [-0.2, 0) is 16.0 Å². The average Bonchev–Trinajstić information content (AvgIpc) is 2.48. The Morgan fingerprint density at radius 2 is 1.91 bits per heavy atom. The summed E-state index contributed by atoms with van der Waals surface area (Å²) in [6, 6.07) is 8.21. The van der Waals surface area contributed by atoms with Gasteiger partial charge in [0, 0.05) is 19.0 Å². The molecule has 1 saturated heterocycles. The van der Waals surface area contributed by atoms with Crippen molar-refractivity contribution in [2.45, 2.75) is 33.6 Å². The molecule has 0 saturated carbocycles. The molecule has 0 aliphatic carbocycles. The predicted molar refractivity (Wildman–Crippen MR) is 85.5 cm³/mol. The number of carbonyl (C=O) groups is 2.